The van der Waals surface area contributed by atoms with Gasteiger partial charge < -0.3 is 10.2 Å². The predicted molar refractivity (Wildman–Crippen MR) is 93.5 cm³/mol. The summed E-state index contributed by atoms with van der Waals surface area (Å²) in [6.45, 7) is 2.29. The maximum atomic E-state index is 14.1. The van der Waals surface area contributed by atoms with Crippen LogP contribution in [-0.2, 0) is 4.79 Å². The van der Waals surface area contributed by atoms with Gasteiger partial charge in [-0.25, -0.2) is 9.07 Å². The van der Waals surface area contributed by atoms with E-state index in [0.29, 0.717) is 29.9 Å². The average Bonchev–Trinajstić information content (AvgIpc) is 3.17. The predicted octanol–water partition coefficient (Wildman–Crippen LogP) is 2.20. The Bertz CT molecular complexity index is 859. The Kier molecular flexibility index (Phi) is 4.22. The van der Waals surface area contributed by atoms with Crippen molar-refractivity contribution in [2.45, 2.75) is 44.7 Å². The molecule has 7 heteroatoms. The number of aromatic nitrogens is 2. The molecule has 2 aliphatic rings. The van der Waals surface area contributed by atoms with Crippen LogP contribution in [0.5, 0.6) is 0 Å². The molecule has 2 fully saturated rings. The van der Waals surface area contributed by atoms with Crippen LogP contribution >= 0.6 is 0 Å². The molecule has 26 heavy (non-hydrogen) atoms. The summed E-state index contributed by atoms with van der Waals surface area (Å²) in [6, 6.07) is 6.14. The van der Waals surface area contributed by atoms with Crippen LogP contribution in [0.4, 0.5) is 4.39 Å². The average molecular weight is 356 g/mol. The van der Waals surface area contributed by atoms with Gasteiger partial charge in [0.15, 0.2) is 0 Å². The van der Waals surface area contributed by atoms with Crippen LogP contribution in [0.1, 0.15) is 41.7 Å². The Morgan fingerprint density at radius 1 is 1.23 bits per heavy atom. The number of nitrogens with one attached hydrogen (secondary N) is 1. The second-order valence-corrected chi connectivity index (χ2v) is 6.95. The van der Waals surface area contributed by atoms with Crippen LogP contribution in [0.25, 0.3) is 5.69 Å². The van der Waals surface area contributed by atoms with Gasteiger partial charge in [-0.05, 0) is 44.7 Å². The van der Waals surface area contributed by atoms with Crippen LogP contribution in [0.2, 0.25) is 0 Å². The van der Waals surface area contributed by atoms with Gasteiger partial charge in [0.2, 0.25) is 5.91 Å². The fourth-order valence-electron chi connectivity index (χ4n) is 3.45. The van der Waals surface area contributed by atoms with Crippen molar-refractivity contribution in [1.29, 1.82) is 0 Å². The molecule has 1 unspecified atom stereocenters. The lowest BCUT2D eigenvalue weighted by molar-refractivity contribution is -0.125. The van der Waals surface area contributed by atoms with Gasteiger partial charge >= 0.3 is 0 Å². The van der Waals surface area contributed by atoms with Crippen molar-refractivity contribution in [2.75, 3.05) is 6.54 Å². The topological polar surface area (TPSA) is 67.2 Å². The van der Waals surface area contributed by atoms with Crippen LogP contribution in [0, 0.1) is 12.7 Å². The summed E-state index contributed by atoms with van der Waals surface area (Å²) in [4.78, 5) is 27.1. The normalized spacial score (nSPS) is 19.6. The van der Waals surface area contributed by atoms with Crippen LogP contribution in [0.3, 0.4) is 0 Å². The molecular weight excluding hydrogens is 335 g/mol. The number of para-hydroxylation sites is 1. The molecule has 0 radical (unpaired) electrons. The lowest BCUT2D eigenvalue weighted by atomic mass is 10.1. The van der Waals surface area contributed by atoms with Gasteiger partial charge in [0.05, 0.1) is 17.5 Å². The summed E-state index contributed by atoms with van der Waals surface area (Å²) in [5.74, 6) is -0.698. The SMILES string of the molecule is Cc1c(C(=O)N2CCCC2C(=O)NC2CC2)cnn1-c1ccccc1F. The van der Waals surface area contributed by atoms with E-state index in [-0.39, 0.29) is 17.9 Å². The van der Waals surface area contributed by atoms with Gasteiger partial charge in [-0.2, -0.15) is 5.10 Å². The zero-order chi connectivity index (χ0) is 18.3. The maximum Gasteiger partial charge on any atom is 0.258 e. The van der Waals surface area contributed by atoms with E-state index in [2.05, 4.69) is 10.4 Å². The van der Waals surface area contributed by atoms with E-state index in [0.717, 1.165) is 19.3 Å². The molecule has 1 aliphatic heterocycles. The summed E-state index contributed by atoms with van der Waals surface area (Å²) in [5.41, 5.74) is 1.27. The Hall–Kier alpha value is -2.70. The minimum absolute atomic E-state index is 0.0718. The second-order valence-electron chi connectivity index (χ2n) is 6.95. The third-order valence-electron chi connectivity index (χ3n) is 5.06. The summed E-state index contributed by atoms with van der Waals surface area (Å²) in [5, 5.41) is 7.18. The van der Waals surface area contributed by atoms with Crippen molar-refractivity contribution in [3.63, 3.8) is 0 Å². The van der Waals surface area contributed by atoms with Crippen LogP contribution in [-0.4, -0.2) is 45.1 Å². The van der Waals surface area contributed by atoms with Crippen LogP contribution < -0.4 is 5.32 Å². The lowest BCUT2D eigenvalue weighted by Crippen LogP contribution is -2.46. The molecule has 2 heterocycles. The zero-order valence-electron chi connectivity index (χ0n) is 14.6. The van der Waals surface area contributed by atoms with E-state index in [4.69, 9.17) is 0 Å². The third kappa shape index (κ3) is 2.98. The smallest absolute Gasteiger partial charge is 0.258 e. The van der Waals surface area contributed by atoms with Gasteiger partial charge in [0.25, 0.3) is 5.91 Å². The fourth-order valence-corrected chi connectivity index (χ4v) is 3.45. The number of halogens is 1. The Morgan fingerprint density at radius 2 is 2.00 bits per heavy atom. The molecule has 4 rings (SSSR count). The third-order valence-corrected chi connectivity index (χ3v) is 5.06. The number of benzene rings is 1. The molecule has 1 N–H and O–H groups in total. The molecule has 1 aromatic heterocycles. The highest BCUT2D eigenvalue weighted by Gasteiger charge is 2.37. The molecule has 6 nitrogen and oxygen atoms in total. The first-order valence-corrected chi connectivity index (χ1v) is 8.97. The van der Waals surface area contributed by atoms with Crippen molar-refractivity contribution in [3.8, 4) is 5.69 Å². The minimum Gasteiger partial charge on any atom is -0.352 e. The molecule has 2 amide bonds. The summed E-state index contributed by atoms with van der Waals surface area (Å²) in [7, 11) is 0. The number of nitrogens with zero attached hydrogens (tertiary/aromatic N) is 3. The maximum absolute atomic E-state index is 14.1. The number of rotatable bonds is 4. The minimum atomic E-state index is -0.431. The first-order chi connectivity index (χ1) is 12.6. The molecular formula is C19H21FN4O2. The standard InChI is InChI=1S/C19H21FN4O2/c1-12-14(11-21-24(12)16-6-3-2-5-15(16)20)19(26)23-10-4-7-17(23)18(25)22-13-8-9-13/h2-3,5-6,11,13,17H,4,7-10H2,1H3,(H,22,25). The summed E-state index contributed by atoms with van der Waals surface area (Å²) >= 11 is 0. The molecule has 0 spiro atoms. The van der Waals surface area contributed by atoms with Crippen molar-refractivity contribution < 1.29 is 14.0 Å². The van der Waals surface area contributed by atoms with Gasteiger partial charge in [-0.3, -0.25) is 9.59 Å². The Labute approximate surface area is 151 Å². The first kappa shape index (κ1) is 16.8. The van der Waals surface area contributed by atoms with Crippen molar-refractivity contribution >= 4 is 11.8 Å². The van der Waals surface area contributed by atoms with Gasteiger partial charge in [0.1, 0.15) is 17.5 Å². The highest BCUT2D eigenvalue weighted by atomic mass is 19.1. The van der Waals surface area contributed by atoms with E-state index in [1.54, 1.807) is 30.0 Å². The number of likely N-dealkylation sites (tertiary alicyclic amines) is 1. The monoisotopic (exact) mass is 356 g/mol. The molecule has 1 atom stereocenters. The summed E-state index contributed by atoms with van der Waals surface area (Å²) < 4.78 is 15.5. The number of hydrogen-bond acceptors (Lipinski definition) is 3. The zero-order valence-corrected chi connectivity index (χ0v) is 14.6. The lowest BCUT2D eigenvalue weighted by Gasteiger charge is -2.24. The molecule has 0 bridgehead atoms. The van der Waals surface area contributed by atoms with Crippen molar-refractivity contribution in [2.24, 2.45) is 0 Å². The van der Waals surface area contributed by atoms with Gasteiger partial charge in [-0.15, -0.1) is 0 Å². The summed E-state index contributed by atoms with van der Waals surface area (Å²) in [6.07, 6.45) is 4.96. The quantitative estimate of drug-likeness (QED) is 0.913. The molecule has 136 valence electrons. The van der Waals surface area contributed by atoms with E-state index in [1.165, 1.54) is 16.9 Å². The van der Waals surface area contributed by atoms with Crippen molar-refractivity contribution in [1.82, 2.24) is 20.0 Å². The Morgan fingerprint density at radius 3 is 2.73 bits per heavy atom. The highest BCUT2D eigenvalue weighted by molar-refractivity contribution is 5.98. The fraction of sp³-hybridized carbons (Fsp3) is 0.421. The largest absolute Gasteiger partial charge is 0.352 e. The Balaban J connectivity index is 1.58. The number of carbonyl (C=O) groups is 2. The molecule has 1 saturated carbocycles. The van der Waals surface area contributed by atoms with Gasteiger partial charge in [0, 0.05) is 12.6 Å². The highest BCUT2D eigenvalue weighted by Crippen LogP contribution is 2.25. The molecule has 2 aromatic rings. The number of amides is 2. The second kappa shape index (κ2) is 6.55. The van der Waals surface area contributed by atoms with Crippen LogP contribution in [0.15, 0.2) is 30.5 Å². The first-order valence-electron chi connectivity index (χ1n) is 8.97. The van der Waals surface area contributed by atoms with Gasteiger partial charge in [-0.1, -0.05) is 12.1 Å². The number of hydrogen-bond donors (Lipinski definition) is 1. The van der Waals surface area contributed by atoms with E-state index in [9.17, 15) is 14.0 Å². The van der Waals surface area contributed by atoms with E-state index in [1.807, 2.05) is 0 Å². The molecule has 1 aromatic carbocycles. The van der Waals surface area contributed by atoms with Crippen molar-refractivity contribution in [3.05, 3.63) is 47.5 Å². The number of carbonyl (C=O) groups excluding carboxylic acids is 2. The van der Waals surface area contributed by atoms with E-state index >= 15 is 0 Å². The molecule has 1 aliphatic carbocycles. The molecule has 1 saturated heterocycles. The van der Waals surface area contributed by atoms with E-state index < -0.39 is 11.9 Å².